The van der Waals surface area contributed by atoms with Gasteiger partial charge in [0.1, 0.15) is 11.4 Å². The van der Waals surface area contributed by atoms with E-state index < -0.39 is 5.97 Å². The summed E-state index contributed by atoms with van der Waals surface area (Å²) >= 11 is 1.46. The lowest BCUT2D eigenvalue weighted by atomic mass is 9.89. The minimum Gasteiger partial charge on any atom is -0.464 e. The first kappa shape index (κ1) is 20.6. The number of rotatable bonds is 6. The number of fused-ring (bicyclic) bond motifs is 2. The molecule has 5 nitrogen and oxygen atoms in total. The molecular weight excluding hydrogens is 420 g/mol. The second-order valence-corrected chi connectivity index (χ2v) is 9.01. The first-order chi connectivity index (χ1) is 15.7. The van der Waals surface area contributed by atoms with Crippen molar-refractivity contribution in [2.24, 2.45) is 0 Å². The second kappa shape index (κ2) is 9.09. The van der Waals surface area contributed by atoms with Gasteiger partial charge in [-0.25, -0.2) is 4.98 Å². The van der Waals surface area contributed by atoms with Gasteiger partial charge in [0, 0.05) is 17.4 Å². The van der Waals surface area contributed by atoms with Crippen molar-refractivity contribution in [1.82, 2.24) is 9.55 Å². The minimum atomic E-state index is -0.435. The average molecular weight is 445 g/mol. The molecule has 2 aromatic heterocycles. The monoisotopic (exact) mass is 444 g/mol. The maximum Gasteiger partial charge on any atom is 0.326 e. The Kier molecular flexibility index (Phi) is 5.86. The van der Waals surface area contributed by atoms with Crippen LogP contribution in [-0.4, -0.2) is 22.1 Å². The molecule has 0 spiro atoms. The van der Waals surface area contributed by atoms with E-state index in [1.165, 1.54) is 46.2 Å². The zero-order chi connectivity index (χ0) is 21.9. The molecule has 2 heterocycles. The Balaban J connectivity index is 1.36. The molecule has 0 aliphatic heterocycles. The number of aryl methyl sites for hydroxylation is 2. The standard InChI is InChI=1S/C26H24N2O3S/c29-23(31-13-12-18-6-2-1-3-7-18)15-28-17-27-25-24(26(28)30)22(16-32-25)21-11-10-19-8-4-5-9-20(19)14-21/h1-3,6-7,10-11,14,16-17H,4-5,8-9,12-13,15H2. The number of aromatic nitrogens is 2. The number of esters is 1. The van der Waals surface area contributed by atoms with Gasteiger partial charge in [-0.1, -0.05) is 48.5 Å². The van der Waals surface area contributed by atoms with E-state index in [4.69, 9.17) is 4.74 Å². The highest BCUT2D eigenvalue weighted by atomic mass is 32.1. The Morgan fingerprint density at radius 3 is 2.72 bits per heavy atom. The van der Waals surface area contributed by atoms with Crippen molar-refractivity contribution in [3.63, 3.8) is 0 Å². The maximum atomic E-state index is 13.2. The molecule has 2 aromatic carbocycles. The highest BCUT2D eigenvalue weighted by Gasteiger charge is 2.17. The number of hydrogen-bond acceptors (Lipinski definition) is 5. The lowest BCUT2D eigenvalue weighted by Crippen LogP contribution is -2.26. The highest BCUT2D eigenvalue weighted by molar-refractivity contribution is 7.17. The van der Waals surface area contributed by atoms with Crippen molar-refractivity contribution in [3.05, 3.63) is 87.3 Å². The van der Waals surface area contributed by atoms with Crippen LogP contribution in [0.4, 0.5) is 0 Å². The summed E-state index contributed by atoms with van der Waals surface area (Å²) in [6, 6.07) is 16.4. The quantitative estimate of drug-likeness (QED) is 0.401. The van der Waals surface area contributed by atoms with Crippen LogP contribution in [0.1, 0.15) is 29.5 Å². The SMILES string of the molecule is O=C(Cn1cnc2scc(-c3ccc4c(c3)CCCC4)c2c1=O)OCCc1ccccc1. The molecule has 0 bridgehead atoms. The molecule has 1 aliphatic rings. The minimum absolute atomic E-state index is 0.143. The molecule has 32 heavy (non-hydrogen) atoms. The van der Waals surface area contributed by atoms with Gasteiger partial charge in [0.2, 0.25) is 0 Å². The second-order valence-electron chi connectivity index (χ2n) is 8.15. The van der Waals surface area contributed by atoms with E-state index in [-0.39, 0.29) is 18.7 Å². The molecule has 0 radical (unpaired) electrons. The Hall–Kier alpha value is -3.25. The molecule has 0 fully saturated rings. The van der Waals surface area contributed by atoms with E-state index in [0.717, 1.165) is 29.5 Å². The zero-order valence-electron chi connectivity index (χ0n) is 17.8. The largest absolute Gasteiger partial charge is 0.464 e. The van der Waals surface area contributed by atoms with Crippen LogP contribution in [0, 0.1) is 0 Å². The molecule has 0 saturated heterocycles. The van der Waals surface area contributed by atoms with Crippen molar-refractivity contribution in [2.75, 3.05) is 6.61 Å². The molecule has 6 heteroatoms. The van der Waals surface area contributed by atoms with Gasteiger partial charge in [0.05, 0.1) is 18.3 Å². The predicted molar refractivity (Wildman–Crippen MR) is 127 cm³/mol. The van der Waals surface area contributed by atoms with E-state index >= 15 is 0 Å². The summed E-state index contributed by atoms with van der Waals surface area (Å²) in [6.07, 6.45) is 6.75. The van der Waals surface area contributed by atoms with Gasteiger partial charge >= 0.3 is 5.97 Å². The van der Waals surface area contributed by atoms with Gasteiger partial charge in [0.25, 0.3) is 5.56 Å². The lowest BCUT2D eigenvalue weighted by molar-refractivity contribution is -0.144. The summed E-state index contributed by atoms with van der Waals surface area (Å²) in [7, 11) is 0. The molecule has 0 atom stereocenters. The first-order valence-corrected chi connectivity index (χ1v) is 11.9. The smallest absolute Gasteiger partial charge is 0.326 e. The molecule has 0 N–H and O–H groups in total. The van der Waals surface area contributed by atoms with Crippen molar-refractivity contribution >= 4 is 27.5 Å². The predicted octanol–water partition coefficient (Wildman–Crippen LogP) is 4.79. The van der Waals surface area contributed by atoms with Crippen LogP contribution < -0.4 is 5.56 Å². The van der Waals surface area contributed by atoms with Crippen LogP contribution in [0.3, 0.4) is 0 Å². The maximum absolute atomic E-state index is 13.2. The Bertz CT molecular complexity index is 1320. The van der Waals surface area contributed by atoms with Crippen molar-refractivity contribution < 1.29 is 9.53 Å². The highest BCUT2D eigenvalue weighted by Crippen LogP contribution is 2.33. The molecule has 5 rings (SSSR count). The lowest BCUT2D eigenvalue weighted by Gasteiger charge is -2.16. The fourth-order valence-corrected chi connectivity index (χ4v) is 5.21. The van der Waals surface area contributed by atoms with Crippen molar-refractivity contribution in [3.8, 4) is 11.1 Å². The number of nitrogens with zero attached hydrogens (tertiary/aromatic N) is 2. The topological polar surface area (TPSA) is 61.2 Å². The van der Waals surface area contributed by atoms with E-state index in [1.807, 2.05) is 35.7 Å². The molecule has 0 amide bonds. The normalized spacial score (nSPS) is 13.1. The van der Waals surface area contributed by atoms with Gasteiger partial charge in [-0.2, -0.15) is 0 Å². The summed E-state index contributed by atoms with van der Waals surface area (Å²) in [5.74, 6) is -0.435. The summed E-state index contributed by atoms with van der Waals surface area (Å²) in [4.78, 5) is 30.7. The van der Waals surface area contributed by atoms with Crippen LogP contribution in [-0.2, 0) is 35.3 Å². The molecule has 4 aromatic rings. The fraction of sp³-hybridized carbons (Fsp3) is 0.269. The number of benzene rings is 2. The fourth-order valence-electron chi connectivity index (χ4n) is 4.31. The van der Waals surface area contributed by atoms with Gasteiger partial charge in [-0.3, -0.25) is 14.2 Å². The third-order valence-corrected chi connectivity index (χ3v) is 6.90. The summed E-state index contributed by atoms with van der Waals surface area (Å²) < 4.78 is 6.70. The summed E-state index contributed by atoms with van der Waals surface area (Å²) in [6.45, 7) is 0.141. The van der Waals surface area contributed by atoms with Crippen LogP contribution >= 0.6 is 11.3 Å². The Morgan fingerprint density at radius 1 is 1.06 bits per heavy atom. The van der Waals surface area contributed by atoms with E-state index in [0.29, 0.717) is 16.6 Å². The average Bonchev–Trinajstić information content (AvgIpc) is 3.26. The van der Waals surface area contributed by atoms with Crippen LogP contribution in [0.15, 0.2) is 65.0 Å². The molecular formula is C26H24N2O3S. The van der Waals surface area contributed by atoms with E-state index in [1.54, 1.807) is 0 Å². The van der Waals surface area contributed by atoms with Crippen molar-refractivity contribution in [2.45, 2.75) is 38.6 Å². The Labute approximate surface area is 190 Å². The number of hydrogen-bond donors (Lipinski definition) is 0. The number of thiophene rings is 1. The van der Waals surface area contributed by atoms with Crippen LogP contribution in [0.25, 0.3) is 21.3 Å². The molecule has 0 saturated carbocycles. The van der Waals surface area contributed by atoms with Crippen molar-refractivity contribution in [1.29, 1.82) is 0 Å². The summed E-state index contributed by atoms with van der Waals surface area (Å²) in [5.41, 5.74) is 5.62. The molecule has 1 aliphatic carbocycles. The van der Waals surface area contributed by atoms with Crippen LogP contribution in [0.5, 0.6) is 0 Å². The van der Waals surface area contributed by atoms with Gasteiger partial charge < -0.3 is 4.74 Å². The van der Waals surface area contributed by atoms with Gasteiger partial charge in [0.15, 0.2) is 0 Å². The zero-order valence-corrected chi connectivity index (χ0v) is 18.6. The van der Waals surface area contributed by atoms with E-state index in [9.17, 15) is 9.59 Å². The Morgan fingerprint density at radius 2 is 1.88 bits per heavy atom. The summed E-state index contributed by atoms with van der Waals surface area (Å²) in [5, 5.41) is 2.57. The molecule has 162 valence electrons. The number of carbonyl (C=O) groups is 1. The van der Waals surface area contributed by atoms with Crippen LogP contribution in [0.2, 0.25) is 0 Å². The third-order valence-electron chi connectivity index (χ3n) is 6.02. The first-order valence-electron chi connectivity index (χ1n) is 11.0. The van der Waals surface area contributed by atoms with Gasteiger partial charge in [-0.05, 0) is 47.9 Å². The van der Waals surface area contributed by atoms with Gasteiger partial charge in [-0.15, -0.1) is 11.3 Å². The molecule has 0 unspecified atom stereocenters. The van der Waals surface area contributed by atoms with E-state index in [2.05, 4.69) is 23.2 Å². The number of ether oxygens (including phenoxy) is 1. The number of carbonyl (C=O) groups excluding carboxylic acids is 1. The third kappa shape index (κ3) is 4.23.